The van der Waals surface area contributed by atoms with Gasteiger partial charge in [0.05, 0.1) is 22.6 Å². The van der Waals surface area contributed by atoms with E-state index in [0.717, 1.165) is 90.0 Å². The van der Waals surface area contributed by atoms with Crippen molar-refractivity contribution < 1.29 is 4.74 Å². The molecule has 194 valence electrons. The summed E-state index contributed by atoms with van der Waals surface area (Å²) >= 11 is 1.66. The first kappa shape index (κ1) is 25.6. The Kier molecular flexibility index (Phi) is 8.03. The second-order valence-electron chi connectivity index (χ2n) is 10.4. The Morgan fingerprint density at radius 1 is 1.11 bits per heavy atom. The van der Waals surface area contributed by atoms with Gasteiger partial charge in [0.2, 0.25) is 0 Å². The third-order valence-corrected chi connectivity index (χ3v) is 7.74. The molecule has 0 saturated carbocycles. The zero-order valence-electron chi connectivity index (χ0n) is 22.2. The van der Waals surface area contributed by atoms with Crippen molar-refractivity contribution in [1.82, 2.24) is 24.8 Å². The highest BCUT2D eigenvalue weighted by Crippen LogP contribution is 2.28. The van der Waals surface area contributed by atoms with Crippen molar-refractivity contribution >= 4 is 28.4 Å². The maximum absolute atomic E-state index is 6.09. The lowest BCUT2D eigenvalue weighted by molar-refractivity contribution is 0.155. The van der Waals surface area contributed by atoms with Gasteiger partial charge in [0, 0.05) is 50.1 Å². The van der Waals surface area contributed by atoms with Crippen molar-refractivity contribution in [3.8, 4) is 17.3 Å². The molecule has 0 atom stereocenters. The molecule has 0 unspecified atom stereocenters. The third kappa shape index (κ3) is 6.47. The van der Waals surface area contributed by atoms with Gasteiger partial charge in [-0.3, -0.25) is 0 Å². The van der Waals surface area contributed by atoms with Crippen molar-refractivity contribution in [2.24, 2.45) is 5.92 Å². The molecule has 7 heteroatoms. The van der Waals surface area contributed by atoms with Gasteiger partial charge in [0.1, 0.15) is 11.4 Å². The number of nitrogens with zero attached hydrogens (tertiary/aromatic N) is 4. The molecule has 2 aromatic heterocycles. The number of nitrogens with one attached hydrogen (secondary N) is 1. The minimum Gasteiger partial charge on any atom is -0.493 e. The Bertz CT molecular complexity index is 1350. The summed E-state index contributed by atoms with van der Waals surface area (Å²) in [6.45, 7) is 14.7. The van der Waals surface area contributed by atoms with Crippen LogP contribution in [-0.4, -0.2) is 71.1 Å². The fourth-order valence-corrected chi connectivity index (χ4v) is 5.42. The first-order valence-corrected chi connectivity index (χ1v) is 14.1. The van der Waals surface area contributed by atoms with E-state index in [2.05, 4.69) is 71.9 Å². The van der Waals surface area contributed by atoms with E-state index < -0.39 is 0 Å². The smallest absolute Gasteiger partial charge is 0.158 e. The Labute approximate surface area is 224 Å². The first-order valence-electron chi connectivity index (χ1n) is 13.2. The molecular weight excluding hydrogens is 478 g/mol. The van der Waals surface area contributed by atoms with E-state index >= 15 is 0 Å². The van der Waals surface area contributed by atoms with Crippen molar-refractivity contribution in [2.75, 3.05) is 46.4 Å². The second kappa shape index (κ2) is 11.6. The Hall–Kier alpha value is -3.00. The molecule has 0 aliphatic carbocycles. The van der Waals surface area contributed by atoms with Crippen molar-refractivity contribution in [3.63, 3.8) is 0 Å². The van der Waals surface area contributed by atoms with E-state index in [1.807, 2.05) is 18.2 Å². The second-order valence-corrected chi connectivity index (χ2v) is 11.4. The number of hydrogen-bond acceptors (Lipinski definition) is 6. The Balaban J connectivity index is 1.28. The summed E-state index contributed by atoms with van der Waals surface area (Å²) in [6.07, 6.45) is 3.65. The van der Waals surface area contributed by atoms with Crippen LogP contribution in [0.4, 0.5) is 0 Å². The predicted molar refractivity (Wildman–Crippen MR) is 155 cm³/mol. The van der Waals surface area contributed by atoms with E-state index in [9.17, 15) is 0 Å². The highest BCUT2D eigenvalue weighted by molar-refractivity contribution is 7.10. The topological polar surface area (TPSA) is 57.3 Å². The number of aromatic nitrogens is 3. The summed E-state index contributed by atoms with van der Waals surface area (Å²) in [6, 6.07) is 12.8. The quantitative estimate of drug-likeness (QED) is 0.292. The van der Waals surface area contributed by atoms with Gasteiger partial charge in [-0.05, 0) is 54.8 Å². The molecule has 1 aliphatic heterocycles. The number of imidazole rings is 1. The van der Waals surface area contributed by atoms with E-state index in [-0.39, 0.29) is 0 Å². The normalized spacial score (nSPS) is 15.0. The maximum Gasteiger partial charge on any atom is 0.158 e. The zero-order chi connectivity index (χ0) is 25.8. The number of H-pyrrole nitrogens is 1. The van der Waals surface area contributed by atoms with Crippen LogP contribution in [0.1, 0.15) is 35.5 Å². The standard InChI is InChI=1S/C30H37N5OS/c1-5-22-7-9-28(36-19-21(2)3)24(16-22)18-29-31-27(20-37-29)30-32-25-8-6-23(17-26(25)33-30)10-11-35-14-12-34(4)13-15-35/h5-9,16-17,20-21H,1,10-15,18-19H2,2-4H3,(H,32,33). The van der Waals surface area contributed by atoms with Crippen LogP contribution in [0.3, 0.4) is 0 Å². The number of fused-ring (bicyclic) bond motifs is 1. The van der Waals surface area contributed by atoms with Gasteiger partial charge in [-0.15, -0.1) is 11.3 Å². The number of aromatic amines is 1. The zero-order valence-corrected chi connectivity index (χ0v) is 23.0. The number of thiazole rings is 1. The van der Waals surface area contributed by atoms with Gasteiger partial charge in [-0.25, -0.2) is 9.97 Å². The van der Waals surface area contributed by atoms with E-state index in [1.165, 1.54) is 5.56 Å². The molecule has 5 rings (SSSR count). The van der Waals surface area contributed by atoms with Gasteiger partial charge >= 0.3 is 0 Å². The number of rotatable bonds is 10. The van der Waals surface area contributed by atoms with Crippen LogP contribution in [0.5, 0.6) is 5.75 Å². The van der Waals surface area contributed by atoms with Gasteiger partial charge in [-0.1, -0.05) is 38.6 Å². The average Bonchev–Trinajstić information content (AvgIpc) is 3.54. The Morgan fingerprint density at radius 2 is 1.95 bits per heavy atom. The third-order valence-electron chi connectivity index (χ3n) is 6.89. The van der Waals surface area contributed by atoms with E-state index in [1.54, 1.807) is 11.3 Å². The molecule has 1 N–H and O–H groups in total. The predicted octanol–water partition coefficient (Wildman–Crippen LogP) is 5.74. The maximum atomic E-state index is 6.09. The molecule has 1 aliphatic rings. The Morgan fingerprint density at radius 3 is 2.73 bits per heavy atom. The lowest BCUT2D eigenvalue weighted by Gasteiger charge is -2.32. The van der Waals surface area contributed by atoms with Crippen LogP contribution >= 0.6 is 11.3 Å². The van der Waals surface area contributed by atoms with Gasteiger partial charge in [0.25, 0.3) is 0 Å². The molecule has 2 aromatic carbocycles. The minimum absolute atomic E-state index is 0.471. The van der Waals surface area contributed by atoms with Crippen LogP contribution in [0.25, 0.3) is 28.6 Å². The van der Waals surface area contributed by atoms with Crippen LogP contribution < -0.4 is 4.74 Å². The number of ether oxygens (including phenoxy) is 1. The average molecular weight is 516 g/mol. The van der Waals surface area contributed by atoms with E-state index in [4.69, 9.17) is 14.7 Å². The fourth-order valence-electron chi connectivity index (χ4n) is 4.62. The van der Waals surface area contributed by atoms with Gasteiger partial charge in [-0.2, -0.15) is 0 Å². The number of hydrogen-bond donors (Lipinski definition) is 1. The number of likely N-dealkylation sites (N-methyl/N-ethyl adjacent to an activating group) is 1. The highest BCUT2D eigenvalue weighted by atomic mass is 32.1. The van der Waals surface area contributed by atoms with Gasteiger partial charge in [0.15, 0.2) is 5.82 Å². The monoisotopic (exact) mass is 515 g/mol. The van der Waals surface area contributed by atoms with Crippen molar-refractivity contribution in [1.29, 1.82) is 0 Å². The van der Waals surface area contributed by atoms with Crippen LogP contribution in [0, 0.1) is 5.92 Å². The summed E-state index contributed by atoms with van der Waals surface area (Å²) < 4.78 is 6.09. The van der Waals surface area contributed by atoms with Gasteiger partial charge < -0.3 is 19.5 Å². The summed E-state index contributed by atoms with van der Waals surface area (Å²) in [5.74, 6) is 2.22. The lowest BCUT2D eigenvalue weighted by Crippen LogP contribution is -2.45. The molecule has 0 bridgehead atoms. The molecule has 1 fully saturated rings. The van der Waals surface area contributed by atoms with Crippen LogP contribution in [0.2, 0.25) is 0 Å². The molecule has 1 saturated heterocycles. The molecule has 0 radical (unpaired) electrons. The molecule has 0 amide bonds. The highest BCUT2D eigenvalue weighted by Gasteiger charge is 2.15. The summed E-state index contributed by atoms with van der Waals surface area (Å²) in [5, 5.41) is 3.13. The molecule has 37 heavy (non-hydrogen) atoms. The molecular formula is C30H37N5OS. The fraction of sp³-hybridized carbons (Fsp3) is 0.400. The summed E-state index contributed by atoms with van der Waals surface area (Å²) in [4.78, 5) is 18.2. The summed E-state index contributed by atoms with van der Waals surface area (Å²) in [7, 11) is 2.20. The molecule has 3 heterocycles. The SMILES string of the molecule is C=Cc1ccc(OCC(C)C)c(Cc2nc(-c3nc4ccc(CCN5CCN(C)CC5)cc4[nH]3)cs2)c1. The lowest BCUT2D eigenvalue weighted by atomic mass is 10.1. The van der Waals surface area contributed by atoms with Crippen LogP contribution in [-0.2, 0) is 12.8 Å². The first-order chi connectivity index (χ1) is 18.0. The summed E-state index contributed by atoms with van der Waals surface area (Å²) in [5.41, 5.74) is 6.51. The minimum atomic E-state index is 0.471. The van der Waals surface area contributed by atoms with Crippen LogP contribution in [0.15, 0.2) is 48.4 Å². The van der Waals surface area contributed by atoms with Crippen molar-refractivity contribution in [2.45, 2.75) is 26.7 Å². The number of piperazine rings is 1. The van der Waals surface area contributed by atoms with E-state index in [0.29, 0.717) is 12.5 Å². The molecule has 0 spiro atoms. The largest absolute Gasteiger partial charge is 0.493 e. The molecule has 6 nitrogen and oxygen atoms in total. The molecule has 4 aromatic rings. The van der Waals surface area contributed by atoms with Crippen molar-refractivity contribution in [3.05, 3.63) is 70.1 Å². The number of benzene rings is 2.